The molecule has 152 valence electrons. The van der Waals surface area contributed by atoms with Gasteiger partial charge in [0.2, 0.25) is 0 Å². The van der Waals surface area contributed by atoms with Crippen molar-refractivity contribution < 1.29 is 9.13 Å². The van der Waals surface area contributed by atoms with Crippen molar-refractivity contribution in [1.82, 2.24) is 14.8 Å². The molecule has 0 unspecified atom stereocenters. The van der Waals surface area contributed by atoms with Gasteiger partial charge in [-0.25, -0.2) is 4.39 Å². The normalized spacial score (nSPS) is 10.9. The Morgan fingerprint density at radius 2 is 1.73 bits per heavy atom. The van der Waals surface area contributed by atoms with E-state index in [4.69, 9.17) is 4.74 Å². The largest absolute Gasteiger partial charge is 0.493 e. The highest BCUT2D eigenvalue weighted by Gasteiger charge is 2.15. The van der Waals surface area contributed by atoms with E-state index in [0.717, 1.165) is 33.7 Å². The molecule has 4 nitrogen and oxygen atoms in total. The van der Waals surface area contributed by atoms with Crippen molar-refractivity contribution in [3.05, 3.63) is 102 Å². The van der Waals surface area contributed by atoms with Crippen molar-refractivity contribution in [1.29, 1.82) is 0 Å². The number of rotatable bonds is 8. The van der Waals surface area contributed by atoms with Crippen LogP contribution in [0.1, 0.15) is 17.0 Å². The molecule has 0 saturated heterocycles. The quantitative estimate of drug-likeness (QED) is 0.280. The van der Waals surface area contributed by atoms with Crippen LogP contribution in [0, 0.1) is 12.7 Å². The summed E-state index contributed by atoms with van der Waals surface area (Å²) in [7, 11) is 0. The number of nitrogens with zero attached hydrogens (tertiary/aromatic N) is 3. The van der Waals surface area contributed by atoms with Gasteiger partial charge in [-0.1, -0.05) is 54.2 Å². The number of benzene rings is 3. The Bertz CT molecular complexity index is 1100. The van der Waals surface area contributed by atoms with Gasteiger partial charge < -0.3 is 4.74 Å². The topological polar surface area (TPSA) is 39.9 Å². The van der Waals surface area contributed by atoms with E-state index < -0.39 is 0 Å². The molecule has 0 amide bonds. The number of halogens is 1. The number of hydrogen-bond acceptors (Lipinski definition) is 4. The lowest BCUT2D eigenvalue weighted by Gasteiger charge is -2.11. The molecule has 30 heavy (non-hydrogen) atoms. The van der Waals surface area contributed by atoms with Gasteiger partial charge in [0.25, 0.3) is 0 Å². The minimum atomic E-state index is -0.266. The minimum absolute atomic E-state index is 0.266. The first-order valence-corrected chi connectivity index (χ1v) is 10.7. The Morgan fingerprint density at radius 1 is 0.933 bits per heavy atom. The fourth-order valence-corrected chi connectivity index (χ4v) is 3.92. The van der Waals surface area contributed by atoms with Gasteiger partial charge in [0, 0.05) is 17.9 Å². The van der Waals surface area contributed by atoms with Crippen LogP contribution in [0.15, 0.2) is 84.0 Å². The lowest BCUT2D eigenvalue weighted by Crippen LogP contribution is -2.05. The molecule has 0 aliphatic carbocycles. The van der Waals surface area contributed by atoms with E-state index in [0.29, 0.717) is 13.0 Å². The summed E-state index contributed by atoms with van der Waals surface area (Å²) in [6.07, 6.45) is 0.644. The molecular formula is C24H22FN3OS. The molecule has 0 spiro atoms. The maximum absolute atomic E-state index is 13.5. The van der Waals surface area contributed by atoms with E-state index in [1.165, 1.54) is 17.7 Å². The second kappa shape index (κ2) is 9.59. The summed E-state index contributed by atoms with van der Waals surface area (Å²) in [5.74, 6) is 2.13. The molecule has 3 aromatic carbocycles. The van der Waals surface area contributed by atoms with Crippen molar-refractivity contribution in [2.45, 2.75) is 18.5 Å². The van der Waals surface area contributed by atoms with E-state index >= 15 is 0 Å². The van der Waals surface area contributed by atoms with Crippen molar-refractivity contribution in [2.24, 2.45) is 0 Å². The molecule has 0 saturated carbocycles. The second-order valence-electron chi connectivity index (χ2n) is 6.89. The van der Waals surface area contributed by atoms with Gasteiger partial charge in [0.1, 0.15) is 17.4 Å². The molecule has 0 aliphatic rings. The zero-order valence-electron chi connectivity index (χ0n) is 16.7. The van der Waals surface area contributed by atoms with E-state index in [1.54, 1.807) is 23.9 Å². The third-order valence-electron chi connectivity index (χ3n) is 4.56. The van der Waals surface area contributed by atoms with Crippen LogP contribution in [0.3, 0.4) is 0 Å². The molecule has 1 heterocycles. The molecule has 1 aromatic heterocycles. The number of aromatic nitrogens is 3. The Morgan fingerprint density at radius 3 is 2.50 bits per heavy atom. The van der Waals surface area contributed by atoms with E-state index in [1.807, 2.05) is 54.0 Å². The van der Waals surface area contributed by atoms with Gasteiger partial charge in [0.05, 0.1) is 6.61 Å². The third kappa shape index (κ3) is 5.07. The molecule has 0 aliphatic heterocycles. The summed E-state index contributed by atoms with van der Waals surface area (Å²) < 4.78 is 21.3. The fraction of sp³-hybridized carbons (Fsp3) is 0.167. The van der Waals surface area contributed by atoms with Crippen LogP contribution in [0.25, 0.3) is 5.69 Å². The van der Waals surface area contributed by atoms with Crippen LogP contribution >= 0.6 is 11.8 Å². The molecule has 0 N–H and O–H groups in total. The monoisotopic (exact) mass is 419 g/mol. The molecule has 0 fully saturated rings. The summed E-state index contributed by atoms with van der Waals surface area (Å²) in [5.41, 5.74) is 3.16. The number of hydrogen-bond donors (Lipinski definition) is 0. The first kappa shape index (κ1) is 20.2. The second-order valence-corrected chi connectivity index (χ2v) is 7.95. The maximum Gasteiger partial charge on any atom is 0.195 e. The molecular weight excluding hydrogens is 397 g/mol. The summed E-state index contributed by atoms with van der Waals surface area (Å²) in [5, 5.41) is 9.58. The maximum atomic E-state index is 13.5. The summed E-state index contributed by atoms with van der Waals surface area (Å²) in [6.45, 7) is 2.60. The molecule has 4 rings (SSSR count). The van der Waals surface area contributed by atoms with Crippen LogP contribution in [0.4, 0.5) is 4.39 Å². The summed E-state index contributed by atoms with van der Waals surface area (Å²) in [6, 6.07) is 24.5. The van der Waals surface area contributed by atoms with Crippen molar-refractivity contribution in [2.75, 3.05) is 12.4 Å². The predicted molar refractivity (Wildman–Crippen MR) is 118 cm³/mol. The van der Waals surface area contributed by atoms with Crippen molar-refractivity contribution in [3.8, 4) is 11.4 Å². The van der Waals surface area contributed by atoms with E-state index in [2.05, 4.69) is 22.3 Å². The zero-order valence-corrected chi connectivity index (χ0v) is 17.5. The van der Waals surface area contributed by atoms with Crippen molar-refractivity contribution >= 4 is 11.8 Å². The van der Waals surface area contributed by atoms with E-state index in [9.17, 15) is 4.39 Å². The summed E-state index contributed by atoms with van der Waals surface area (Å²) in [4.78, 5) is 0. The standard InChI is InChI=1S/C24H22FN3OS/c1-18-6-5-9-22(16-18)29-14-15-30-24-27-26-23(17-19-7-3-2-4-8-19)28(24)21-12-10-20(25)11-13-21/h2-13,16H,14-15,17H2,1H3. The first-order valence-electron chi connectivity index (χ1n) is 9.75. The molecule has 4 aromatic rings. The average Bonchev–Trinajstić information content (AvgIpc) is 3.15. The lowest BCUT2D eigenvalue weighted by molar-refractivity contribution is 0.343. The predicted octanol–water partition coefficient (Wildman–Crippen LogP) is 5.48. The molecule has 0 atom stereocenters. The minimum Gasteiger partial charge on any atom is -0.493 e. The smallest absolute Gasteiger partial charge is 0.195 e. The van der Waals surface area contributed by atoms with Crippen LogP contribution in [-0.2, 0) is 6.42 Å². The van der Waals surface area contributed by atoms with Crippen LogP contribution in [0.2, 0.25) is 0 Å². The van der Waals surface area contributed by atoms with Gasteiger partial charge in [-0.3, -0.25) is 4.57 Å². The third-order valence-corrected chi connectivity index (χ3v) is 5.46. The highest BCUT2D eigenvalue weighted by molar-refractivity contribution is 7.99. The Labute approximate surface area is 179 Å². The van der Waals surface area contributed by atoms with Crippen LogP contribution in [-0.4, -0.2) is 27.1 Å². The number of thioether (sulfide) groups is 1. The first-order chi connectivity index (χ1) is 14.7. The molecule has 0 bridgehead atoms. The van der Waals surface area contributed by atoms with Gasteiger partial charge >= 0.3 is 0 Å². The van der Waals surface area contributed by atoms with Crippen LogP contribution < -0.4 is 4.74 Å². The highest BCUT2D eigenvalue weighted by atomic mass is 32.2. The van der Waals surface area contributed by atoms with Gasteiger partial charge in [-0.15, -0.1) is 10.2 Å². The van der Waals surface area contributed by atoms with Gasteiger partial charge in [0.15, 0.2) is 5.16 Å². The SMILES string of the molecule is Cc1cccc(OCCSc2nnc(Cc3ccccc3)n2-c2ccc(F)cc2)c1. The van der Waals surface area contributed by atoms with Gasteiger partial charge in [-0.05, 0) is 54.4 Å². The molecule has 6 heteroatoms. The number of aryl methyl sites for hydroxylation is 1. The highest BCUT2D eigenvalue weighted by Crippen LogP contribution is 2.24. The zero-order chi connectivity index (χ0) is 20.8. The van der Waals surface area contributed by atoms with Crippen LogP contribution in [0.5, 0.6) is 5.75 Å². The summed E-state index contributed by atoms with van der Waals surface area (Å²) >= 11 is 1.57. The molecule has 0 radical (unpaired) electrons. The Hall–Kier alpha value is -3.12. The van der Waals surface area contributed by atoms with E-state index in [-0.39, 0.29) is 5.82 Å². The fourth-order valence-electron chi connectivity index (χ4n) is 3.13. The van der Waals surface area contributed by atoms with Gasteiger partial charge in [-0.2, -0.15) is 0 Å². The Kier molecular flexibility index (Phi) is 6.44. The lowest BCUT2D eigenvalue weighted by atomic mass is 10.1. The van der Waals surface area contributed by atoms with Crippen molar-refractivity contribution in [3.63, 3.8) is 0 Å². The number of ether oxygens (including phenoxy) is 1. The average molecular weight is 420 g/mol. The Balaban J connectivity index is 1.51.